The first-order valence-electron chi connectivity index (χ1n) is 4.15. The molecule has 0 saturated heterocycles. The minimum Gasteiger partial charge on any atom is -0.293 e. The number of nitrogens with one attached hydrogen (secondary N) is 1. The summed E-state index contributed by atoms with van der Waals surface area (Å²) in [7, 11) is 0. The maximum absolute atomic E-state index is 10.8. The van der Waals surface area contributed by atoms with Crippen LogP contribution in [0.3, 0.4) is 0 Å². The summed E-state index contributed by atoms with van der Waals surface area (Å²) >= 11 is 0. The Hall–Kier alpha value is -1.12. The Morgan fingerprint density at radius 3 is 2.58 bits per heavy atom. The molecule has 2 amide bonds. The lowest BCUT2D eigenvalue weighted by Crippen LogP contribution is -2.25. The van der Waals surface area contributed by atoms with Crippen LogP contribution in [0.5, 0.6) is 0 Å². The minimum atomic E-state index is -0.335. The fraction of sp³-hybridized carbons (Fsp3) is 0.556. The Kier molecular flexibility index (Phi) is 5.97. The number of allylic oxidation sites excluding steroid dienone is 1. The van der Waals surface area contributed by atoms with E-state index in [9.17, 15) is 9.59 Å². The molecule has 12 heavy (non-hydrogen) atoms. The zero-order valence-corrected chi connectivity index (χ0v) is 7.59. The normalized spacial score (nSPS) is 10.2. The van der Waals surface area contributed by atoms with E-state index in [2.05, 4.69) is 12.2 Å². The number of hydrogen-bond acceptors (Lipinski definition) is 2. The molecule has 0 radical (unpaired) electrons. The Balaban J connectivity index is 3.54. The summed E-state index contributed by atoms with van der Waals surface area (Å²) in [5.74, 6) is -0.654. The SMILES string of the molecule is CCCC/C=C\C(=O)NC(C)=O. The molecule has 1 N–H and O–H groups in total. The third-order valence-electron chi connectivity index (χ3n) is 1.29. The second-order valence-corrected chi connectivity index (χ2v) is 2.59. The van der Waals surface area contributed by atoms with E-state index in [0.717, 1.165) is 19.3 Å². The van der Waals surface area contributed by atoms with Gasteiger partial charge in [-0.25, -0.2) is 0 Å². The summed E-state index contributed by atoms with van der Waals surface area (Å²) in [6.07, 6.45) is 6.25. The number of amides is 2. The molecular formula is C9H15NO2. The molecule has 0 bridgehead atoms. The van der Waals surface area contributed by atoms with E-state index in [-0.39, 0.29) is 11.8 Å². The van der Waals surface area contributed by atoms with Crippen molar-refractivity contribution in [3.8, 4) is 0 Å². The van der Waals surface area contributed by atoms with Crippen LogP contribution in [-0.4, -0.2) is 11.8 Å². The number of carbonyl (C=O) groups is 2. The summed E-state index contributed by atoms with van der Waals surface area (Å²) in [5.41, 5.74) is 0. The van der Waals surface area contributed by atoms with Crippen molar-refractivity contribution in [2.24, 2.45) is 0 Å². The lowest BCUT2D eigenvalue weighted by molar-refractivity contribution is -0.126. The van der Waals surface area contributed by atoms with Crippen molar-refractivity contribution >= 4 is 11.8 Å². The van der Waals surface area contributed by atoms with Crippen molar-refractivity contribution in [1.29, 1.82) is 0 Å². The highest BCUT2D eigenvalue weighted by Crippen LogP contribution is 1.94. The Morgan fingerprint density at radius 2 is 2.08 bits per heavy atom. The largest absolute Gasteiger partial charge is 0.293 e. The zero-order valence-electron chi connectivity index (χ0n) is 7.59. The average Bonchev–Trinajstić information content (AvgIpc) is 1.97. The Labute approximate surface area is 72.8 Å². The highest BCUT2D eigenvalue weighted by Gasteiger charge is 1.95. The summed E-state index contributed by atoms with van der Waals surface area (Å²) < 4.78 is 0. The molecule has 0 aromatic carbocycles. The molecule has 0 aromatic rings. The summed E-state index contributed by atoms with van der Waals surface area (Å²) in [6, 6.07) is 0. The van der Waals surface area contributed by atoms with E-state index < -0.39 is 0 Å². The van der Waals surface area contributed by atoms with Gasteiger partial charge in [0.05, 0.1) is 0 Å². The molecule has 0 fully saturated rings. The van der Waals surface area contributed by atoms with Crippen LogP contribution in [0.15, 0.2) is 12.2 Å². The lowest BCUT2D eigenvalue weighted by atomic mass is 10.2. The third-order valence-corrected chi connectivity index (χ3v) is 1.29. The molecule has 3 heteroatoms. The van der Waals surface area contributed by atoms with Crippen molar-refractivity contribution in [2.45, 2.75) is 33.1 Å². The van der Waals surface area contributed by atoms with Crippen LogP contribution in [0.4, 0.5) is 0 Å². The maximum atomic E-state index is 10.8. The van der Waals surface area contributed by atoms with Crippen LogP contribution in [-0.2, 0) is 9.59 Å². The van der Waals surface area contributed by atoms with Crippen LogP contribution in [0.2, 0.25) is 0 Å². The molecule has 0 atom stereocenters. The second kappa shape index (κ2) is 6.58. The predicted molar refractivity (Wildman–Crippen MR) is 47.5 cm³/mol. The van der Waals surface area contributed by atoms with Crippen molar-refractivity contribution < 1.29 is 9.59 Å². The highest BCUT2D eigenvalue weighted by atomic mass is 16.2. The number of carbonyl (C=O) groups excluding carboxylic acids is 2. The van der Waals surface area contributed by atoms with Crippen LogP contribution >= 0.6 is 0 Å². The number of rotatable bonds is 4. The molecule has 68 valence electrons. The van der Waals surface area contributed by atoms with Gasteiger partial charge in [-0.2, -0.15) is 0 Å². The maximum Gasteiger partial charge on any atom is 0.250 e. The number of unbranched alkanes of at least 4 members (excludes halogenated alkanes) is 2. The van der Waals surface area contributed by atoms with Gasteiger partial charge in [0.15, 0.2) is 0 Å². The van der Waals surface area contributed by atoms with E-state index >= 15 is 0 Å². The third kappa shape index (κ3) is 6.99. The van der Waals surface area contributed by atoms with Crippen LogP contribution in [0.1, 0.15) is 33.1 Å². The molecule has 0 aliphatic heterocycles. The highest BCUT2D eigenvalue weighted by molar-refractivity contribution is 5.99. The molecule has 0 rings (SSSR count). The van der Waals surface area contributed by atoms with Gasteiger partial charge in [-0.3, -0.25) is 14.9 Å². The van der Waals surface area contributed by atoms with E-state index in [1.807, 2.05) is 0 Å². The first kappa shape index (κ1) is 10.9. The number of imide groups is 1. The van der Waals surface area contributed by atoms with Gasteiger partial charge >= 0.3 is 0 Å². The van der Waals surface area contributed by atoms with Crippen LogP contribution in [0.25, 0.3) is 0 Å². The predicted octanol–water partition coefficient (Wildman–Crippen LogP) is 1.40. The molecule has 3 nitrogen and oxygen atoms in total. The molecule has 0 unspecified atom stereocenters. The fourth-order valence-corrected chi connectivity index (χ4v) is 0.728. The summed E-state index contributed by atoms with van der Waals surface area (Å²) in [6.45, 7) is 3.40. The molecular weight excluding hydrogens is 154 g/mol. The van der Waals surface area contributed by atoms with Gasteiger partial charge in [0.2, 0.25) is 11.8 Å². The Bertz CT molecular complexity index is 185. The summed E-state index contributed by atoms with van der Waals surface area (Å²) in [5, 5.41) is 2.16. The molecule has 0 aliphatic carbocycles. The molecule has 0 aromatic heterocycles. The number of hydrogen-bond donors (Lipinski definition) is 1. The average molecular weight is 169 g/mol. The van der Waals surface area contributed by atoms with Gasteiger partial charge in [-0.1, -0.05) is 25.8 Å². The van der Waals surface area contributed by atoms with Crippen LogP contribution < -0.4 is 5.32 Å². The monoisotopic (exact) mass is 169 g/mol. The second-order valence-electron chi connectivity index (χ2n) is 2.59. The molecule has 0 heterocycles. The van der Waals surface area contributed by atoms with E-state index in [1.165, 1.54) is 13.0 Å². The standard InChI is InChI=1S/C9H15NO2/c1-3-4-5-6-7-9(12)10-8(2)11/h6-7H,3-5H2,1-2H3,(H,10,11,12)/b7-6-. The topological polar surface area (TPSA) is 46.2 Å². The molecule has 0 aliphatic rings. The van der Waals surface area contributed by atoms with E-state index in [0.29, 0.717) is 0 Å². The van der Waals surface area contributed by atoms with Gasteiger partial charge in [-0.05, 0) is 12.5 Å². The fourth-order valence-electron chi connectivity index (χ4n) is 0.728. The summed E-state index contributed by atoms with van der Waals surface area (Å²) in [4.78, 5) is 21.2. The van der Waals surface area contributed by atoms with Crippen molar-refractivity contribution in [2.75, 3.05) is 0 Å². The Morgan fingerprint density at radius 1 is 1.42 bits per heavy atom. The molecule has 0 saturated carbocycles. The van der Waals surface area contributed by atoms with Gasteiger partial charge < -0.3 is 0 Å². The van der Waals surface area contributed by atoms with Crippen molar-refractivity contribution in [3.63, 3.8) is 0 Å². The van der Waals surface area contributed by atoms with E-state index in [1.54, 1.807) is 6.08 Å². The van der Waals surface area contributed by atoms with Gasteiger partial charge in [0.25, 0.3) is 0 Å². The first-order valence-corrected chi connectivity index (χ1v) is 4.15. The zero-order chi connectivity index (χ0) is 9.40. The quantitative estimate of drug-likeness (QED) is 0.510. The minimum absolute atomic E-state index is 0.319. The van der Waals surface area contributed by atoms with Crippen molar-refractivity contribution in [1.82, 2.24) is 5.32 Å². The van der Waals surface area contributed by atoms with Crippen molar-refractivity contribution in [3.05, 3.63) is 12.2 Å². The van der Waals surface area contributed by atoms with Gasteiger partial charge in [-0.15, -0.1) is 0 Å². The first-order chi connectivity index (χ1) is 5.66. The molecule has 0 spiro atoms. The van der Waals surface area contributed by atoms with E-state index in [4.69, 9.17) is 0 Å². The smallest absolute Gasteiger partial charge is 0.250 e. The van der Waals surface area contributed by atoms with Gasteiger partial charge in [0, 0.05) is 6.92 Å². The van der Waals surface area contributed by atoms with Gasteiger partial charge in [0.1, 0.15) is 0 Å². The lowest BCUT2D eigenvalue weighted by Gasteiger charge is -1.93. The van der Waals surface area contributed by atoms with Crippen LogP contribution in [0, 0.1) is 0 Å².